The first kappa shape index (κ1) is 42.0. The van der Waals surface area contributed by atoms with Gasteiger partial charge in [-0.05, 0) is 113 Å². The van der Waals surface area contributed by atoms with Crippen LogP contribution in [0.2, 0.25) is 0 Å². The van der Waals surface area contributed by atoms with Crippen molar-refractivity contribution in [2.45, 2.75) is 91.1 Å². The van der Waals surface area contributed by atoms with Gasteiger partial charge < -0.3 is 19.7 Å². The Bertz CT molecular complexity index is 2270. The molecule has 0 heterocycles. The highest BCUT2D eigenvalue weighted by Gasteiger charge is 2.26. The SMILES string of the molecule is COc1c2cc(C(C)(C)C)cc1Cc1cc(C=NCc3ccccc3)cc(c1O)Cc1cc(C(C)(C)C)cc(c1OC)Cc1cc(C=NCc3ccccc3)cc(c1O)C2. The zero-order chi connectivity index (χ0) is 42.6. The molecule has 0 atom stereocenters. The summed E-state index contributed by atoms with van der Waals surface area (Å²) in [4.78, 5) is 9.69. The molecule has 8 bridgehead atoms. The molecule has 60 heavy (non-hydrogen) atoms. The van der Waals surface area contributed by atoms with Crippen LogP contribution in [-0.2, 0) is 49.6 Å². The molecule has 6 aromatic carbocycles. The summed E-state index contributed by atoms with van der Waals surface area (Å²) in [6.07, 6.45) is 5.52. The largest absolute Gasteiger partial charge is 0.507 e. The van der Waals surface area contributed by atoms with Gasteiger partial charge in [0.2, 0.25) is 0 Å². The quantitative estimate of drug-likeness (QED) is 0.150. The molecule has 0 amide bonds. The van der Waals surface area contributed by atoms with Crippen molar-refractivity contribution in [3.63, 3.8) is 0 Å². The molecule has 2 N–H and O–H groups in total. The Morgan fingerprint density at radius 1 is 0.467 bits per heavy atom. The van der Waals surface area contributed by atoms with Crippen LogP contribution in [0.3, 0.4) is 0 Å². The molecular weight excluding hydrogens is 741 g/mol. The van der Waals surface area contributed by atoms with Crippen molar-refractivity contribution in [1.29, 1.82) is 0 Å². The number of fused-ring (bicyclic) bond motifs is 8. The Labute approximate surface area is 356 Å². The number of nitrogens with zero attached hydrogens (tertiary/aromatic N) is 2. The minimum atomic E-state index is -0.182. The van der Waals surface area contributed by atoms with Crippen LogP contribution in [0.4, 0.5) is 0 Å². The van der Waals surface area contributed by atoms with Gasteiger partial charge in [0.05, 0.1) is 27.3 Å². The van der Waals surface area contributed by atoms with Crippen molar-refractivity contribution >= 4 is 12.4 Å². The van der Waals surface area contributed by atoms with Crippen molar-refractivity contribution in [2.24, 2.45) is 9.98 Å². The Hall–Kier alpha value is -6.14. The van der Waals surface area contributed by atoms with E-state index in [2.05, 4.69) is 90.1 Å². The van der Waals surface area contributed by atoms with Crippen LogP contribution in [0.5, 0.6) is 23.0 Å². The van der Waals surface area contributed by atoms with Crippen molar-refractivity contribution < 1.29 is 19.7 Å². The molecule has 0 saturated heterocycles. The first-order chi connectivity index (χ1) is 28.7. The average molecular weight is 799 g/mol. The number of hydrogen-bond acceptors (Lipinski definition) is 6. The van der Waals surface area contributed by atoms with Gasteiger partial charge in [0.15, 0.2) is 0 Å². The molecule has 6 nitrogen and oxygen atoms in total. The Morgan fingerprint density at radius 2 is 0.767 bits per heavy atom. The van der Waals surface area contributed by atoms with Gasteiger partial charge in [-0.1, -0.05) is 126 Å². The van der Waals surface area contributed by atoms with Crippen molar-refractivity contribution in [2.75, 3.05) is 14.2 Å². The summed E-state index contributed by atoms with van der Waals surface area (Å²) in [6.45, 7) is 14.4. The maximum Gasteiger partial charge on any atom is 0.125 e. The van der Waals surface area contributed by atoms with Gasteiger partial charge >= 0.3 is 0 Å². The first-order valence-corrected chi connectivity index (χ1v) is 20.9. The fraction of sp³-hybridized carbons (Fsp3) is 0.296. The van der Waals surface area contributed by atoms with Crippen molar-refractivity contribution in [3.8, 4) is 23.0 Å². The van der Waals surface area contributed by atoms with E-state index in [4.69, 9.17) is 19.5 Å². The van der Waals surface area contributed by atoms with E-state index < -0.39 is 0 Å². The lowest BCUT2D eigenvalue weighted by Crippen LogP contribution is -2.14. The maximum atomic E-state index is 12.3. The van der Waals surface area contributed by atoms with E-state index in [0.717, 1.165) is 89.4 Å². The van der Waals surface area contributed by atoms with Crippen molar-refractivity contribution in [3.05, 3.63) is 187 Å². The van der Waals surface area contributed by atoms with Crippen LogP contribution in [0.1, 0.15) is 119 Å². The first-order valence-electron chi connectivity index (χ1n) is 20.9. The molecule has 308 valence electrons. The summed E-state index contributed by atoms with van der Waals surface area (Å²) >= 11 is 0. The van der Waals surface area contributed by atoms with Crippen LogP contribution < -0.4 is 9.47 Å². The van der Waals surface area contributed by atoms with E-state index in [1.165, 1.54) is 0 Å². The molecule has 6 aromatic rings. The molecule has 0 spiro atoms. The third-order valence-corrected chi connectivity index (χ3v) is 11.4. The average Bonchev–Trinajstić information content (AvgIpc) is 3.21. The second kappa shape index (κ2) is 17.6. The number of phenolic OH excluding ortho intramolecular Hbond substituents is 2. The van der Waals surface area contributed by atoms with Crippen molar-refractivity contribution in [1.82, 2.24) is 0 Å². The molecule has 0 saturated carbocycles. The van der Waals surface area contributed by atoms with Gasteiger partial charge in [-0.2, -0.15) is 0 Å². The van der Waals surface area contributed by atoms with E-state index in [-0.39, 0.29) is 22.3 Å². The monoisotopic (exact) mass is 798 g/mol. The number of ether oxygens (including phenoxy) is 2. The van der Waals surface area contributed by atoms with E-state index in [1.807, 2.05) is 73.1 Å². The predicted molar refractivity (Wildman–Crippen MR) is 246 cm³/mol. The van der Waals surface area contributed by atoms with Gasteiger partial charge in [-0.3, -0.25) is 9.98 Å². The summed E-state index contributed by atoms with van der Waals surface area (Å²) in [5, 5.41) is 24.6. The van der Waals surface area contributed by atoms with Crippen LogP contribution in [0, 0.1) is 0 Å². The summed E-state index contributed by atoms with van der Waals surface area (Å²) < 4.78 is 12.6. The molecule has 0 aliphatic heterocycles. The highest BCUT2D eigenvalue weighted by atomic mass is 16.5. The Balaban J connectivity index is 1.46. The fourth-order valence-corrected chi connectivity index (χ4v) is 8.19. The summed E-state index contributed by atoms with van der Waals surface area (Å²) in [5.41, 5.74) is 13.0. The summed E-state index contributed by atoms with van der Waals surface area (Å²) in [5.74, 6) is 1.98. The number of hydrogen-bond donors (Lipinski definition) is 2. The van der Waals surface area contributed by atoms with Crippen LogP contribution in [-0.4, -0.2) is 36.9 Å². The summed E-state index contributed by atoms with van der Waals surface area (Å²) in [7, 11) is 3.41. The molecule has 1 aliphatic carbocycles. The number of aromatic hydroxyl groups is 2. The normalized spacial score (nSPS) is 13.2. The number of aliphatic imine (C=N–C) groups is 2. The minimum Gasteiger partial charge on any atom is -0.507 e. The van der Waals surface area contributed by atoms with Gasteiger partial charge in [-0.25, -0.2) is 0 Å². The molecule has 0 fully saturated rings. The number of benzene rings is 6. The molecule has 0 unspecified atom stereocenters. The van der Waals surface area contributed by atoms with Crippen LogP contribution in [0.25, 0.3) is 0 Å². The maximum absolute atomic E-state index is 12.3. The molecule has 0 radical (unpaired) electrons. The Kier molecular flexibility index (Phi) is 12.3. The molecular formula is C54H58N2O4. The highest BCUT2D eigenvalue weighted by molar-refractivity contribution is 5.82. The smallest absolute Gasteiger partial charge is 0.125 e. The third kappa shape index (κ3) is 9.66. The molecule has 7 rings (SSSR count). The molecule has 6 heteroatoms. The topological polar surface area (TPSA) is 83.6 Å². The van der Waals surface area contributed by atoms with Gasteiger partial charge in [0.1, 0.15) is 23.0 Å². The number of phenols is 2. The highest BCUT2D eigenvalue weighted by Crippen LogP contribution is 2.42. The van der Waals surface area contributed by atoms with Crippen LogP contribution >= 0.6 is 0 Å². The summed E-state index contributed by atoms with van der Waals surface area (Å²) in [6, 6.07) is 37.5. The fourth-order valence-electron chi connectivity index (χ4n) is 8.19. The van der Waals surface area contributed by atoms with Gasteiger partial charge in [0.25, 0.3) is 0 Å². The van der Waals surface area contributed by atoms with E-state index in [0.29, 0.717) is 38.8 Å². The van der Waals surface area contributed by atoms with E-state index >= 15 is 0 Å². The molecule has 1 aliphatic rings. The number of rotatable bonds is 8. The van der Waals surface area contributed by atoms with E-state index in [1.54, 1.807) is 14.2 Å². The Morgan fingerprint density at radius 3 is 1.03 bits per heavy atom. The lowest BCUT2D eigenvalue weighted by molar-refractivity contribution is 0.403. The lowest BCUT2D eigenvalue weighted by Gasteiger charge is -2.26. The van der Waals surface area contributed by atoms with Crippen LogP contribution in [0.15, 0.2) is 119 Å². The zero-order valence-electron chi connectivity index (χ0n) is 36.4. The number of methoxy groups -OCH3 is 2. The second-order valence-corrected chi connectivity index (χ2v) is 18.1. The van der Waals surface area contributed by atoms with Gasteiger partial charge in [-0.15, -0.1) is 0 Å². The third-order valence-electron chi connectivity index (χ3n) is 11.4. The van der Waals surface area contributed by atoms with E-state index in [9.17, 15) is 10.2 Å². The second-order valence-electron chi connectivity index (χ2n) is 18.1. The van der Waals surface area contributed by atoms with Gasteiger partial charge in [0, 0.05) is 38.1 Å². The zero-order valence-corrected chi connectivity index (χ0v) is 36.4. The standard InChI is InChI=1S/C54H58N2O4/c1-53(2,3)47-27-43-23-39-19-37(33-55-31-35-15-11-9-12-16-35)21-41(49(39)57)25-45-29-48(54(4,5)6)30-46(52(45)60-8)26-42-22-38(34-56-32-36-17-13-10-14-18-36)20-40(50(42)58)24-44(28-47)51(43)59-7/h9-22,27-30,33-34,57-58H,23-26,31-32H2,1-8H3. The lowest BCUT2D eigenvalue weighted by atomic mass is 9.81. The molecule has 0 aromatic heterocycles. The minimum absolute atomic E-state index is 0.182. The predicted octanol–water partition coefficient (Wildman–Crippen LogP) is 11.6.